The van der Waals surface area contributed by atoms with Gasteiger partial charge in [0.2, 0.25) is 5.91 Å². The number of carbonyl (C=O) groups is 1. The van der Waals surface area contributed by atoms with Crippen LogP contribution in [0, 0.1) is 17.1 Å². The predicted octanol–water partition coefficient (Wildman–Crippen LogP) is 1.37. The van der Waals surface area contributed by atoms with Crippen molar-refractivity contribution in [2.75, 3.05) is 5.32 Å². The normalized spacial score (nSPS) is 11.6. The molecule has 16 heavy (non-hydrogen) atoms. The summed E-state index contributed by atoms with van der Waals surface area (Å²) in [5.41, 5.74) is 5.74. The number of carbonyl (C=O) groups excluding carboxylic acids is 1. The number of hydrogen-bond donors (Lipinski definition) is 2. The van der Waals surface area contributed by atoms with E-state index in [1.165, 1.54) is 12.1 Å². The Balaban J connectivity index is 2.81. The van der Waals surface area contributed by atoms with Gasteiger partial charge in [-0.1, -0.05) is 0 Å². The second-order valence-corrected chi connectivity index (χ2v) is 3.52. The van der Waals surface area contributed by atoms with Crippen molar-refractivity contribution in [1.82, 2.24) is 0 Å². The first-order valence-corrected chi connectivity index (χ1v) is 4.77. The molecule has 0 saturated carbocycles. The summed E-state index contributed by atoms with van der Waals surface area (Å²) in [6.45, 7) is 1.76. The van der Waals surface area contributed by atoms with Crippen LogP contribution in [0.25, 0.3) is 0 Å². The second kappa shape index (κ2) is 5.12. The Morgan fingerprint density at radius 3 is 2.94 bits per heavy atom. The van der Waals surface area contributed by atoms with Gasteiger partial charge in [-0.05, 0) is 25.1 Å². The van der Waals surface area contributed by atoms with Gasteiger partial charge in [0.1, 0.15) is 11.9 Å². The van der Waals surface area contributed by atoms with Gasteiger partial charge < -0.3 is 11.1 Å². The van der Waals surface area contributed by atoms with Gasteiger partial charge in [-0.15, -0.1) is 0 Å². The summed E-state index contributed by atoms with van der Waals surface area (Å²) in [5.74, 6) is -0.898. The minimum Gasteiger partial charge on any atom is -0.381 e. The summed E-state index contributed by atoms with van der Waals surface area (Å²) in [7, 11) is 0. The zero-order chi connectivity index (χ0) is 12.1. The first-order valence-electron chi connectivity index (χ1n) is 4.77. The lowest BCUT2D eigenvalue weighted by molar-refractivity contribution is -0.118. The minimum atomic E-state index is -0.468. The van der Waals surface area contributed by atoms with Crippen LogP contribution >= 0.6 is 0 Å². The molecule has 0 aromatic heterocycles. The highest BCUT2D eigenvalue weighted by Gasteiger charge is 2.09. The van der Waals surface area contributed by atoms with E-state index in [2.05, 4.69) is 5.32 Å². The van der Waals surface area contributed by atoms with Crippen LogP contribution in [0.2, 0.25) is 0 Å². The highest BCUT2D eigenvalue weighted by Crippen LogP contribution is 2.17. The molecule has 1 aromatic carbocycles. The molecule has 0 saturated heterocycles. The predicted molar refractivity (Wildman–Crippen MR) is 58.0 cm³/mol. The maximum atomic E-state index is 12.8. The molecule has 1 aromatic rings. The fraction of sp³-hybridized carbons (Fsp3) is 0.273. The number of nitrogens with zero attached hydrogens (tertiary/aromatic N) is 1. The maximum Gasteiger partial charge on any atom is 0.219 e. The van der Waals surface area contributed by atoms with E-state index >= 15 is 0 Å². The average Bonchev–Trinajstić information content (AvgIpc) is 2.19. The summed E-state index contributed by atoms with van der Waals surface area (Å²) in [4.78, 5) is 10.7. The first-order chi connectivity index (χ1) is 7.52. The molecule has 1 atom stereocenters. The summed E-state index contributed by atoms with van der Waals surface area (Å²) in [6, 6.07) is 5.53. The molecule has 0 aliphatic rings. The number of benzene rings is 1. The van der Waals surface area contributed by atoms with Crippen LogP contribution in [0.3, 0.4) is 0 Å². The summed E-state index contributed by atoms with van der Waals surface area (Å²) in [5, 5.41) is 11.7. The van der Waals surface area contributed by atoms with Gasteiger partial charge >= 0.3 is 0 Å². The van der Waals surface area contributed by atoms with Crippen molar-refractivity contribution in [3.05, 3.63) is 29.6 Å². The lowest BCUT2D eigenvalue weighted by Gasteiger charge is -2.14. The van der Waals surface area contributed by atoms with E-state index in [4.69, 9.17) is 11.0 Å². The molecule has 0 aliphatic carbocycles. The van der Waals surface area contributed by atoms with Gasteiger partial charge in [0.25, 0.3) is 0 Å². The molecule has 84 valence electrons. The fourth-order valence-electron chi connectivity index (χ4n) is 1.35. The number of hydrogen-bond acceptors (Lipinski definition) is 3. The summed E-state index contributed by atoms with van der Waals surface area (Å²) >= 11 is 0. The third kappa shape index (κ3) is 3.24. The minimum absolute atomic E-state index is 0.155. The lowest BCUT2D eigenvalue weighted by atomic mass is 10.1. The number of halogens is 1. The van der Waals surface area contributed by atoms with E-state index in [-0.39, 0.29) is 18.0 Å². The Labute approximate surface area is 92.9 Å². The number of primary amides is 1. The van der Waals surface area contributed by atoms with Crippen LogP contribution in [0.5, 0.6) is 0 Å². The molecule has 4 nitrogen and oxygen atoms in total. The number of nitriles is 1. The van der Waals surface area contributed by atoms with Crippen molar-refractivity contribution in [3.63, 3.8) is 0 Å². The number of nitrogens with one attached hydrogen (secondary N) is 1. The highest BCUT2D eigenvalue weighted by atomic mass is 19.1. The Bertz CT molecular complexity index is 439. The molecule has 3 N–H and O–H groups in total. The average molecular weight is 221 g/mol. The molecular formula is C11H12FN3O. The highest BCUT2D eigenvalue weighted by molar-refractivity contribution is 5.75. The summed E-state index contributed by atoms with van der Waals surface area (Å²) in [6.07, 6.45) is 0.155. The third-order valence-corrected chi connectivity index (χ3v) is 2.01. The van der Waals surface area contributed by atoms with Gasteiger partial charge in [-0.2, -0.15) is 5.26 Å². The van der Waals surface area contributed by atoms with Crippen molar-refractivity contribution in [2.45, 2.75) is 19.4 Å². The zero-order valence-electron chi connectivity index (χ0n) is 8.83. The Kier molecular flexibility index (Phi) is 3.84. The molecule has 1 amide bonds. The van der Waals surface area contributed by atoms with Crippen molar-refractivity contribution >= 4 is 11.6 Å². The van der Waals surface area contributed by atoms with Crippen LogP contribution in [0.1, 0.15) is 18.9 Å². The SMILES string of the molecule is CC(CC(N)=O)Nc1ccc(F)cc1C#N. The van der Waals surface area contributed by atoms with Gasteiger partial charge in [-0.3, -0.25) is 4.79 Å². The third-order valence-electron chi connectivity index (χ3n) is 2.01. The molecule has 0 fully saturated rings. The Morgan fingerprint density at radius 1 is 1.69 bits per heavy atom. The van der Waals surface area contributed by atoms with Gasteiger partial charge in [0.05, 0.1) is 11.3 Å². The molecule has 1 rings (SSSR count). The topological polar surface area (TPSA) is 78.9 Å². The first kappa shape index (κ1) is 12.0. The Morgan fingerprint density at radius 2 is 2.38 bits per heavy atom. The number of amides is 1. The monoisotopic (exact) mass is 221 g/mol. The van der Waals surface area contributed by atoms with Crippen LogP contribution in [-0.2, 0) is 4.79 Å². The van der Waals surface area contributed by atoms with Crippen LogP contribution in [0.4, 0.5) is 10.1 Å². The standard InChI is InChI=1S/C11H12FN3O/c1-7(4-11(14)16)15-10-3-2-9(12)5-8(10)6-13/h2-3,5,7,15H,4H2,1H3,(H2,14,16). The second-order valence-electron chi connectivity index (χ2n) is 3.52. The van der Waals surface area contributed by atoms with Gasteiger partial charge in [-0.25, -0.2) is 4.39 Å². The largest absolute Gasteiger partial charge is 0.381 e. The molecule has 0 aliphatic heterocycles. The molecule has 0 heterocycles. The fourth-order valence-corrected chi connectivity index (χ4v) is 1.35. The lowest BCUT2D eigenvalue weighted by Crippen LogP contribution is -2.24. The quantitative estimate of drug-likeness (QED) is 0.806. The number of nitrogens with two attached hydrogens (primary N) is 1. The molecule has 0 radical (unpaired) electrons. The van der Waals surface area contributed by atoms with Gasteiger partial charge in [0.15, 0.2) is 0 Å². The van der Waals surface area contributed by atoms with Crippen molar-refractivity contribution in [1.29, 1.82) is 5.26 Å². The van der Waals surface area contributed by atoms with Gasteiger partial charge in [0, 0.05) is 12.5 Å². The van der Waals surface area contributed by atoms with E-state index in [1.807, 2.05) is 6.07 Å². The summed E-state index contributed by atoms with van der Waals surface area (Å²) < 4.78 is 12.8. The van der Waals surface area contributed by atoms with E-state index in [1.54, 1.807) is 6.92 Å². The van der Waals surface area contributed by atoms with Crippen molar-refractivity contribution in [2.24, 2.45) is 5.73 Å². The van der Waals surface area contributed by atoms with Crippen LogP contribution in [0.15, 0.2) is 18.2 Å². The van der Waals surface area contributed by atoms with Crippen LogP contribution < -0.4 is 11.1 Å². The van der Waals surface area contributed by atoms with E-state index in [0.717, 1.165) is 6.07 Å². The number of anilines is 1. The molecule has 1 unspecified atom stereocenters. The number of rotatable bonds is 4. The molecule has 0 spiro atoms. The Hall–Kier alpha value is -2.09. The molecular weight excluding hydrogens is 209 g/mol. The van der Waals surface area contributed by atoms with Crippen LogP contribution in [-0.4, -0.2) is 11.9 Å². The molecule has 5 heteroatoms. The van der Waals surface area contributed by atoms with Crippen molar-refractivity contribution in [3.8, 4) is 6.07 Å². The maximum absolute atomic E-state index is 12.8. The zero-order valence-corrected chi connectivity index (χ0v) is 8.83. The molecule has 0 bridgehead atoms. The van der Waals surface area contributed by atoms with Crippen molar-refractivity contribution < 1.29 is 9.18 Å². The van der Waals surface area contributed by atoms with E-state index in [0.29, 0.717) is 5.69 Å². The van der Waals surface area contributed by atoms with E-state index in [9.17, 15) is 9.18 Å². The smallest absolute Gasteiger partial charge is 0.219 e. The van der Waals surface area contributed by atoms with E-state index < -0.39 is 11.7 Å².